The van der Waals surface area contributed by atoms with Crippen LogP contribution in [0.25, 0.3) is 11.0 Å². The fourth-order valence-corrected chi connectivity index (χ4v) is 1.23. The van der Waals surface area contributed by atoms with E-state index < -0.39 is 11.6 Å². The summed E-state index contributed by atoms with van der Waals surface area (Å²) in [4.78, 5) is 21.7. The monoisotopic (exact) mass is 189 g/mol. The van der Waals surface area contributed by atoms with Crippen molar-refractivity contribution in [3.05, 3.63) is 46.3 Å². The minimum atomic E-state index is -1.14. The van der Waals surface area contributed by atoms with Crippen LogP contribution in [-0.2, 0) is 0 Å². The van der Waals surface area contributed by atoms with Gasteiger partial charge in [0.05, 0.1) is 5.56 Å². The van der Waals surface area contributed by atoms with Gasteiger partial charge in [0, 0.05) is 11.5 Å². The average molecular weight is 189 g/mol. The van der Waals surface area contributed by atoms with Gasteiger partial charge in [-0.25, -0.2) is 9.59 Å². The van der Waals surface area contributed by atoms with Crippen LogP contribution in [-0.4, -0.2) is 11.1 Å². The molecule has 0 spiro atoms. The molecule has 4 nitrogen and oxygen atoms in total. The van der Waals surface area contributed by atoms with Crippen LogP contribution >= 0.6 is 0 Å². The van der Waals surface area contributed by atoms with Crippen molar-refractivity contribution >= 4 is 16.9 Å². The molecule has 2 rings (SSSR count). The van der Waals surface area contributed by atoms with Gasteiger partial charge < -0.3 is 9.52 Å². The van der Waals surface area contributed by atoms with Crippen LogP contribution in [0.5, 0.6) is 0 Å². The van der Waals surface area contributed by atoms with E-state index in [-0.39, 0.29) is 11.1 Å². The third-order valence-electron chi connectivity index (χ3n) is 1.82. The minimum absolute atomic E-state index is 0.0507. The highest BCUT2D eigenvalue weighted by Crippen LogP contribution is 2.15. The molecule has 0 bridgehead atoms. The van der Waals surface area contributed by atoms with Crippen LogP contribution in [0.2, 0.25) is 0 Å². The number of hydrogen-bond acceptors (Lipinski definition) is 3. The van der Waals surface area contributed by atoms with E-state index in [1.807, 2.05) is 0 Å². The Balaban J connectivity index is 2.94. The van der Waals surface area contributed by atoms with E-state index in [0.29, 0.717) is 5.39 Å². The van der Waals surface area contributed by atoms with Crippen LogP contribution in [0.3, 0.4) is 0 Å². The molecule has 14 heavy (non-hydrogen) atoms. The van der Waals surface area contributed by atoms with Crippen LogP contribution in [0.15, 0.2) is 33.5 Å². The van der Waals surface area contributed by atoms with Gasteiger partial charge in [0.15, 0.2) is 0 Å². The molecule has 1 aromatic carbocycles. The quantitative estimate of drug-likeness (QED) is 0.686. The van der Waals surface area contributed by atoms with Crippen molar-refractivity contribution in [2.45, 2.75) is 0 Å². The number of carboxylic acids is 1. The van der Waals surface area contributed by atoms with Gasteiger partial charge >= 0.3 is 11.6 Å². The van der Waals surface area contributed by atoms with Crippen molar-refractivity contribution in [3.63, 3.8) is 0 Å². The third-order valence-corrected chi connectivity index (χ3v) is 1.82. The van der Waals surface area contributed by atoms with Crippen LogP contribution in [0.4, 0.5) is 0 Å². The molecule has 2 aromatic rings. The van der Waals surface area contributed by atoms with Crippen LogP contribution in [0.1, 0.15) is 10.4 Å². The van der Waals surface area contributed by atoms with E-state index in [1.165, 1.54) is 6.07 Å². The zero-order valence-electron chi connectivity index (χ0n) is 6.98. The molecule has 0 unspecified atom stereocenters. The SMILES string of the molecule is O=C(O)c1cc(=O)oc2c[c]ccc12. The standard InChI is InChI=1S/C10H5O4/c11-9-5-7(10(12)13)6-3-1-2-4-8(6)14-9/h1,3-5H,(H,12,13). The molecule has 1 aromatic heterocycles. The smallest absolute Gasteiger partial charge is 0.337 e. The lowest BCUT2D eigenvalue weighted by Crippen LogP contribution is -2.05. The Morgan fingerprint density at radius 1 is 1.50 bits per heavy atom. The summed E-state index contributed by atoms with van der Waals surface area (Å²) in [6, 6.07) is 8.21. The lowest BCUT2D eigenvalue weighted by atomic mass is 10.1. The molecular weight excluding hydrogens is 184 g/mol. The zero-order chi connectivity index (χ0) is 10.1. The number of rotatable bonds is 1. The first-order valence-electron chi connectivity index (χ1n) is 3.86. The molecule has 0 saturated carbocycles. The third kappa shape index (κ3) is 1.26. The summed E-state index contributed by atoms with van der Waals surface area (Å²) in [6.45, 7) is 0. The van der Waals surface area contributed by atoms with E-state index in [1.54, 1.807) is 12.1 Å². The summed E-state index contributed by atoms with van der Waals surface area (Å²) < 4.78 is 4.80. The normalized spacial score (nSPS) is 10.3. The molecule has 0 saturated heterocycles. The van der Waals surface area contributed by atoms with Crippen molar-refractivity contribution in [2.24, 2.45) is 0 Å². The molecule has 1 N–H and O–H groups in total. The molecule has 0 fully saturated rings. The van der Waals surface area contributed by atoms with Crippen molar-refractivity contribution in [2.75, 3.05) is 0 Å². The summed E-state index contributed by atoms with van der Waals surface area (Å²) in [5, 5.41) is 9.22. The molecule has 1 radical (unpaired) electrons. The topological polar surface area (TPSA) is 67.5 Å². The van der Waals surface area contributed by atoms with Crippen LogP contribution < -0.4 is 5.63 Å². The fourth-order valence-electron chi connectivity index (χ4n) is 1.23. The summed E-state index contributed by atoms with van der Waals surface area (Å²) in [5.74, 6) is -1.14. The second-order valence-corrected chi connectivity index (χ2v) is 2.71. The van der Waals surface area contributed by atoms with Gasteiger partial charge in [0.2, 0.25) is 0 Å². The van der Waals surface area contributed by atoms with Crippen LogP contribution in [0, 0.1) is 6.07 Å². The minimum Gasteiger partial charge on any atom is -0.478 e. The zero-order valence-corrected chi connectivity index (χ0v) is 6.98. The van der Waals surface area contributed by atoms with Crippen molar-refractivity contribution in [1.82, 2.24) is 0 Å². The average Bonchev–Trinajstić information content (AvgIpc) is 2.16. The van der Waals surface area contributed by atoms with E-state index in [0.717, 1.165) is 6.07 Å². The lowest BCUT2D eigenvalue weighted by molar-refractivity contribution is 0.0698. The highest BCUT2D eigenvalue weighted by molar-refractivity contribution is 6.01. The number of carbonyl (C=O) groups is 1. The number of hydrogen-bond donors (Lipinski definition) is 1. The first-order valence-corrected chi connectivity index (χ1v) is 3.86. The van der Waals surface area contributed by atoms with E-state index in [9.17, 15) is 9.59 Å². The van der Waals surface area contributed by atoms with Gasteiger partial charge in [0.1, 0.15) is 5.58 Å². The molecule has 0 aliphatic carbocycles. The van der Waals surface area contributed by atoms with E-state index >= 15 is 0 Å². The molecule has 1 heterocycles. The molecular formula is C10H5O4. The fraction of sp³-hybridized carbons (Fsp3) is 0. The Labute approximate surface area is 78.4 Å². The second kappa shape index (κ2) is 2.99. The molecule has 0 atom stereocenters. The lowest BCUT2D eigenvalue weighted by Gasteiger charge is -1.98. The highest BCUT2D eigenvalue weighted by atomic mass is 16.4. The second-order valence-electron chi connectivity index (χ2n) is 2.71. The first kappa shape index (κ1) is 8.50. The Morgan fingerprint density at radius 3 is 3.00 bits per heavy atom. The van der Waals surface area contributed by atoms with Gasteiger partial charge in [-0.2, -0.15) is 0 Å². The molecule has 0 amide bonds. The van der Waals surface area contributed by atoms with Crippen molar-refractivity contribution in [1.29, 1.82) is 0 Å². The maximum atomic E-state index is 11.0. The Morgan fingerprint density at radius 2 is 2.29 bits per heavy atom. The van der Waals surface area contributed by atoms with E-state index in [2.05, 4.69) is 6.07 Å². The van der Waals surface area contributed by atoms with Gasteiger partial charge in [-0.1, -0.05) is 6.07 Å². The summed E-state index contributed by atoms with van der Waals surface area (Å²) >= 11 is 0. The van der Waals surface area contributed by atoms with Gasteiger partial charge in [-0.15, -0.1) is 0 Å². The Hall–Kier alpha value is -2.10. The number of aromatic carboxylic acids is 1. The van der Waals surface area contributed by atoms with Gasteiger partial charge in [-0.05, 0) is 18.2 Å². The van der Waals surface area contributed by atoms with Crippen molar-refractivity contribution < 1.29 is 14.3 Å². The largest absolute Gasteiger partial charge is 0.478 e. The number of benzene rings is 1. The van der Waals surface area contributed by atoms with Crippen molar-refractivity contribution in [3.8, 4) is 0 Å². The highest BCUT2D eigenvalue weighted by Gasteiger charge is 2.10. The molecule has 0 aliphatic heterocycles. The molecule has 0 aliphatic rings. The first-order chi connectivity index (χ1) is 6.68. The predicted molar refractivity (Wildman–Crippen MR) is 48.3 cm³/mol. The number of carboxylic acid groups (broad SMARTS) is 1. The Kier molecular flexibility index (Phi) is 1.81. The predicted octanol–water partition coefficient (Wildman–Crippen LogP) is 1.29. The van der Waals surface area contributed by atoms with Gasteiger partial charge in [0.25, 0.3) is 0 Å². The molecule has 69 valence electrons. The van der Waals surface area contributed by atoms with E-state index in [4.69, 9.17) is 9.52 Å². The molecule has 4 heteroatoms. The number of fused-ring (bicyclic) bond motifs is 1. The van der Waals surface area contributed by atoms with Gasteiger partial charge in [-0.3, -0.25) is 0 Å². The maximum Gasteiger partial charge on any atom is 0.337 e. The summed E-state index contributed by atoms with van der Waals surface area (Å²) in [6.07, 6.45) is 0. The maximum absolute atomic E-state index is 11.0. The summed E-state index contributed by atoms with van der Waals surface area (Å²) in [7, 11) is 0. The summed E-state index contributed by atoms with van der Waals surface area (Å²) in [5.41, 5.74) is -0.489. The Bertz CT molecular complexity index is 553.